The number of rotatable bonds is 11. The van der Waals surface area contributed by atoms with Crippen LogP contribution in [0.3, 0.4) is 0 Å². The summed E-state index contributed by atoms with van der Waals surface area (Å²) in [5, 5.41) is 0.963. The number of hydrogen-bond acceptors (Lipinski definition) is 6. The van der Waals surface area contributed by atoms with E-state index in [-0.39, 0.29) is 23.3 Å². The molecule has 0 radical (unpaired) electrons. The highest BCUT2D eigenvalue weighted by Crippen LogP contribution is 2.17. The van der Waals surface area contributed by atoms with Gasteiger partial charge < -0.3 is 13.9 Å². The molecule has 202 valence electrons. The number of fused-ring (bicyclic) bond motifs is 1. The number of carbonyl (C=O) groups is 1. The van der Waals surface area contributed by atoms with Crippen LogP contribution < -0.4 is 5.56 Å². The van der Waals surface area contributed by atoms with Gasteiger partial charge in [0.05, 0.1) is 23.9 Å². The summed E-state index contributed by atoms with van der Waals surface area (Å²) in [5.74, 6) is 1.28. The average molecular weight is 533 g/mol. The van der Waals surface area contributed by atoms with Gasteiger partial charge in [-0.05, 0) is 73.6 Å². The van der Waals surface area contributed by atoms with Crippen LogP contribution in [-0.4, -0.2) is 39.3 Å². The summed E-state index contributed by atoms with van der Waals surface area (Å²) in [4.78, 5) is 37.0. The molecule has 0 saturated heterocycles. The van der Waals surface area contributed by atoms with Crippen molar-refractivity contribution in [1.82, 2.24) is 19.4 Å². The highest BCUT2D eigenvalue weighted by Gasteiger charge is 2.12. The third-order valence-electron chi connectivity index (χ3n) is 6.61. The van der Waals surface area contributed by atoms with Crippen molar-refractivity contribution in [2.45, 2.75) is 32.4 Å². The Morgan fingerprint density at radius 2 is 1.85 bits per heavy atom. The number of benzene rings is 2. The lowest BCUT2D eigenvalue weighted by Gasteiger charge is -2.10. The van der Waals surface area contributed by atoms with Gasteiger partial charge in [-0.15, -0.1) is 0 Å². The van der Waals surface area contributed by atoms with Crippen molar-refractivity contribution in [2.75, 3.05) is 14.1 Å². The average Bonchev–Trinajstić information content (AvgIpc) is 3.46. The van der Waals surface area contributed by atoms with Gasteiger partial charge in [-0.25, -0.2) is 9.97 Å². The van der Waals surface area contributed by atoms with Gasteiger partial charge in [-0.3, -0.25) is 9.59 Å². The highest BCUT2D eigenvalue weighted by molar-refractivity contribution is 5.95. The van der Waals surface area contributed by atoms with Crippen molar-refractivity contribution < 1.29 is 9.21 Å². The van der Waals surface area contributed by atoms with Crippen molar-refractivity contribution in [3.63, 3.8) is 0 Å². The standard InChI is InChI=1S/C33H32N4O3/c1-36(2)22-26-13-11-25(12-14-26)20-32-34-21-27-19-24(15-16-30(27)35-32)7-3-4-10-31(38)29-9-5-17-37(33(29)39)23-28-8-6-18-40-28/h3,5-9,11-19,21H,4,10,20,22-23H2,1-2H3/b7-3+. The van der Waals surface area contributed by atoms with Gasteiger partial charge in [0.2, 0.25) is 0 Å². The van der Waals surface area contributed by atoms with Gasteiger partial charge >= 0.3 is 0 Å². The lowest BCUT2D eigenvalue weighted by molar-refractivity contribution is 0.0981. The Morgan fingerprint density at radius 3 is 2.62 bits per heavy atom. The highest BCUT2D eigenvalue weighted by atomic mass is 16.3. The Kier molecular flexibility index (Phi) is 8.42. The van der Waals surface area contributed by atoms with Gasteiger partial charge in [-0.1, -0.05) is 42.5 Å². The minimum atomic E-state index is -0.303. The number of allylic oxidation sites excluding steroid dienone is 1. The summed E-state index contributed by atoms with van der Waals surface area (Å²) in [7, 11) is 4.13. The third-order valence-corrected chi connectivity index (χ3v) is 6.61. The zero-order valence-electron chi connectivity index (χ0n) is 22.8. The Balaban J connectivity index is 1.18. The van der Waals surface area contributed by atoms with Crippen LogP contribution >= 0.6 is 0 Å². The zero-order chi connectivity index (χ0) is 27.9. The number of ketones is 1. The molecular weight excluding hydrogens is 500 g/mol. The molecule has 0 atom stereocenters. The normalized spacial score (nSPS) is 11.6. The van der Waals surface area contributed by atoms with E-state index in [0.717, 1.165) is 28.8 Å². The fourth-order valence-electron chi connectivity index (χ4n) is 4.60. The monoisotopic (exact) mass is 532 g/mol. The van der Waals surface area contributed by atoms with Crippen molar-refractivity contribution >= 4 is 22.8 Å². The predicted molar refractivity (Wildman–Crippen MR) is 157 cm³/mol. The summed E-state index contributed by atoms with van der Waals surface area (Å²) >= 11 is 0. The van der Waals surface area contributed by atoms with E-state index in [4.69, 9.17) is 9.40 Å². The third kappa shape index (κ3) is 6.87. The van der Waals surface area contributed by atoms with Crippen molar-refractivity contribution in [2.24, 2.45) is 0 Å². The molecule has 0 spiro atoms. The van der Waals surface area contributed by atoms with E-state index in [2.05, 4.69) is 48.2 Å². The second-order valence-electron chi connectivity index (χ2n) is 10.1. The fraction of sp³-hybridized carbons (Fsp3) is 0.212. The maximum Gasteiger partial charge on any atom is 0.261 e. The largest absolute Gasteiger partial charge is 0.467 e. The van der Waals surface area contributed by atoms with E-state index in [9.17, 15) is 9.59 Å². The molecule has 0 bridgehead atoms. The van der Waals surface area contributed by atoms with E-state index in [0.29, 0.717) is 25.1 Å². The summed E-state index contributed by atoms with van der Waals surface area (Å²) in [6.07, 6.45) is 10.5. The molecule has 0 N–H and O–H groups in total. The maximum absolute atomic E-state index is 12.8. The topological polar surface area (TPSA) is 81.2 Å². The minimum absolute atomic E-state index is 0.171. The molecule has 2 aromatic carbocycles. The Hall–Kier alpha value is -4.62. The first-order valence-corrected chi connectivity index (χ1v) is 13.3. The Labute approximate surface area is 233 Å². The second kappa shape index (κ2) is 12.5. The minimum Gasteiger partial charge on any atom is -0.467 e. The number of hydrogen-bond donors (Lipinski definition) is 0. The summed E-state index contributed by atoms with van der Waals surface area (Å²) < 4.78 is 6.81. The van der Waals surface area contributed by atoms with E-state index >= 15 is 0 Å². The van der Waals surface area contributed by atoms with E-state index < -0.39 is 0 Å². The van der Waals surface area contributed by atoms with Crippen LogP contribution in [0.1, 0.15) is 51.5 Å². The van der Waals surface area contributed by atoms with Crippen LogP contribution in [0.4, 0.5) is 0 Å². The molecule has 0 unspecified atom stereocenters. The number of nitrogens with zero attached hydrogens (tertiary/aromatic N) is 4. The molecule has 0 saturated carbocycles. The molecule has 5 rings (SSSR count). The van der Waals surface area contributed by atoms with Gasteiger partial charge in [-0.2, -0.15) is 0 Å². The zero-order valence-corrected chi connectivity index (χ0v) is 22.8. The maximum atomic E-state index is 12.8. The van der Waals surface area contributed by atoms with Crippen molar-refractivity contribution in [3.05, 3.63) is 136 Å². The van der Waals surface area contributed by atoms with Gasteiger partial charge in [0.1, 0.15) is 11.6 Å². The van der Waals surface area contributed by atoms with E-state index in [1.807, 2.05) is 36.5 Å². The fourth-order valence-corrected chi connectivity index (χ4v) is 4.60. The first-order chi connectivity index (χ1) is 19.4. The van der Waals surface area contributed by atoms with Crippen molar-refractivity contribution in [3.8, 4) is 0 Å². The molecule has 5 aromatic rings. The van der Waals surface area contributed by atoms with Crippen LogP contribution in [0.5, 0.6) is 0 Å². The van der Waals surface area contributed by atoms with E-state index in [1.54, 1.807) is 36.7 Å². The summed E-state index contributed by atoms with van der Waals surface area (Å²) in [6, 6.07) is 21.5. The molecule has 0 aliphatic heterocycles. The molecule has 0 aliphatic rings. The smallest absolute Gasteiger partial charge is 0.261 e. The molecule has 3 heterocycles. The van der Waals surface area contributed by atoms with Crippen LogP contribution in [0.15, 0.2) is 101 Å². The summed E-state index contributed by atoms with van der Waals surface area (Å²) in [6.45, 7) is 1.21. The molecular formula is C33H32N4O3. The Morgan fingerprint density at radius 1 is 1.02 bits per heavy atom. The number of carbonyl (C=O) groups excluding carboxylic acids is 1. The molecule has 0 fully saturated rings. The molecule has 40 heavy (non-hydrogen) atoms. The number of pyridine rings is 1. The molecule has 0 aliphatic carbocycles. The number of Topliss-reactive ketones (excluding diaryl/α,β-unsaturated/α-hetero) is 1. The molecule has 7 nitrogen and oxygen atoms in total. The van der Waals surface area contributed by atoms with Gasteiger partial charge in [0, 0.05) is 37.2 Å². The van der Waals surface area contributed by atoms with Gasteiger partial charge in [0.25, 0.3) is 5.56 Å². The lowest BCUT2D eigenvalue weighted by Crippen LogP contribution is -2.26. The van der Waals surface area contributed by atoms with Crippen LogP contribution in [0.25, 0.3) is 17.0 Å². The second-order valence-corrected chi connectivity index (χ2v) is 10.1. The number of furan rings is 1. The predicted octanol–water partition coefficient (Wildman–Crippen LogP) is 5.76. The lowest BCUT2D eigenvalue weighted by atomic mass is 10.1. The molecule has 7 heteroatoms. The number of aromatic nitrogens is 3. The first-order valence-electron chi connectivity index (χ1n) is 13.3. The molecule has 0 amide bonds. The van der Waals surface area contributed by atoms with Crippen LogP contribution in [0.2, 0.25) is 0 Å². The SMILES string of the molecule is CN(C)Cc1ccc(Cc2ncc3cc(/C=C/CCC(=O)c4cccn(Cc5ccco5)c4=O)ccc3n2)cc1. The summed E-state index contributed by atoms with van der Waals surface area (Å²) in [5.41, 5.74) is 4.27. The van der Waals surface area contributed by atoms with Crippen molar-refractivity contribution in [1.29, 1.82) is 0 Å². The first kappa shape index (κ1) is 27.0. The quantitative estimate of drug-likeness (QED) is 0.201. The molecule has 3 aromatic heterocycles. The van der Waals surface area contributed by atoms with Crippen LogP contribution in [0, 0.1) is 0 Å². The Bertz CT molecular complexity index is 1680. The van der Waals surface area contributed by atoms with Crippen LogP contribution in [-0.2, 0) is 19.5 Å². The van der Waals surface area contributed by atoms with E-state index in [1.165, 1.54) is 15.7 Å². The van der Waals surface area contributed by atoms with Gasteiger partial charge in [0.15, 0.2) is 5.78 Å².